The molecule has 0 fully saturated rings. The van der Waals surface area contributed by atoms with E-state index in [0.717, 1.165) is 22.4 Å². The highest BCUT2D eigenvalue weighted by molar-refractivity contribution is 6.06. The molecule has 1 amide bonds. The van der Waals surface area contributed by atoms with Gasteiger partial charge >= 0.3 is 0 Å². The summed E-state index contributed by atoms with van der Waals surface area (Å²) < 4.78 is 0. The van der Waals surface area contributed by atoms with E-state index in [1.807, 2.05) is 38.1 Å². The maximum absolute atomic E-state index is 11.9. The Bertz CT molecular complexity index is 620. The molecule has 1 aromatic carbocycles. The lowest BCUT2D eigenvalue weighted by atomic mass is 9.85. The second kappa shape index (κ2) is 3.63. The van der Waals surface area contributed by atoms with Crippen molar-refractivity contribution in [3.8, 4) is 11.1 Å². The molecule has 1 aromatic heterocycles. The number of aromatic nitrogens is 2. The van der Waals surface area contributed by atoms with E-state index >= 15 is 0 Å². The van der Waals surface area contributed by atoms with Gasteiger partial charge in [0, 0.05) is 11.3 Å². The molecule has 0 bridgehead atoms. The minimum Gasteiger partial charge on any atom is -0.325 e. The first-order valence-electron chi connectivity index (χ1n) is 5.82. The van der Waals surface area contributed by atoms with Gasteiger partial charge in [-0.15, -0.1) is 0 Å². The molecule has 90 valence electrons. The summed E-state index contributed by atoms with van der Waals surface area (Å²) in [6.07, 6.45) is 3.37. The van der Waals surface area contributed by atoms with Crippen LogP contribution in [0.3, 0.4) is 0 Å². The van der Waals surface area contributed by atoms with Gasteiger partial charge in [-0.1, -0.05) is 12.1 Å². The normalized spacial score (nSPS) is 16.2. The quantitative estimate of drug-likeness (QED) is 0.831. The first-order valence-corrected chi connectivity index (χ1v) is 5.82. The molecule has 2 aromatic rings. The van der Waals surface area contributed by atoms with Gasteiger partial charge in [0.2, 0.25) is 5.91 Å². The Kier molecular flexibility index (Phi) is 2.20. The number of anilines is 1. The molecule has 2 heterocycles. The zero-order valence-electron chi connectivity index (χ0n) is 10.3. The van der Waals surface area contributed by atoms with Crippen LogP contribution >= 0.6 is 0 Å². The first-order chi connectivity index (χ1) is 8.59. The van der Waals surface area contributed by atoms with E-state index in [0.29, 0.717) is 0 Å². The fraction of sp³-hybridized carbons (Fsp3) is 0.214. The topological polar surface area (TPSA) is 54.9 Å². The number of carbonyl (C=O) groups is 1. The minimum atomic E-state index is -0.454. The van der Waals surface area contributed by atoms with Gasteiger partial charge in [0.05, 0.1) is 17.8 Å². The number of benzene rings is 1. The number of fused-ring (bicyclic) bond motifs is 1. The molecule has 0 saturated carbocycles. The fourth-order valence-electron chi connectivity index (χ4n) is 2.23. The lowest BCUT2D eigenvalue weighted by molar-refractivity contribution is -0.119. The van der Waals surface area contributed by atoms with Gasteiger partial charge in [0.25, 0.3) is 0 Å². The van der Waals surface area contributed by atoms with Crippen LogP contribution in [-0.2, 0) is 10.2 Å². The van der Waals surface area contributed by atoms with Gasteiger partial charge in [-0.2, -0.15) is 10.2 Å². The summed E-state index contributed by atoms with van der Waals surface area (Å²) in [4.78, 5) is 11.9. The Labute approximate surface area is 105 Å². The van der Waals surface area contributed by atoms with Crippen molar-refractivity contribution in [3.63, 3.8) is 0 Å². The molecule has 3 rings (SSSR count). The van der Waals surface area contributed by atoms with Crippen LogP contribution in [-0.4, -0.2) is 16.1 Å². The molecule has 4 heteroatoms. The zero-order chi connectivity index (χ0) is 12.8. The third-order valence-electron chi connectivity index (χ3n) is 3.43. The predicted molar refractivity (Wildman–Crippen MR) is 69.1 cm³/mol. The van der Waals surface area contributed by atoms with Gasteiger partial charge in [0.1, 0.15) is 0 Å². The second-order valence-corrected chi connectivity index (χ2v) is 4.97. The van der Waals surface area contributed by atoms with Crippen molar-refractivity contribution >= 4 is 11.6 Å². The van der Waals surface area contributed by atoms with Crippen molar-refractivity contribution in [2.75, 3.05) is 5.32 Å². The largest absolute Gasteiger partial charge is 0.325 e. The van der Waals surface area contributed by atoms with E-state index in [-0.39, 0.29) is 5.91 Å². The van der Waals surface area contributed by atoms with E-state index in [1.54, 1.807) is 12.4 Å². The molecule has 0 spiro atoms. The van der Waals surface area contributed by atoms with Crippen LogP contribution in [0.2, 0.25) is 0 Å². The predicted octanol–water partition coefficient (Wildman–Crippen LogP) is 2.37. The van der Waals surface area contributed by atoms with Crippen molar-refractivity contribution in [2.45, 2.75) is 19.3 Å². The van der Waals surface area contributed by atoms with Crippen molar-refractivity contribution in [1.29, 1.82) is 0 Å². The van der Waals surface area contributed by atoms with E-state index in [4.69, 9.17) is 0 Å². The molecule has 0 aliphatic carbocycles. The summed E-state index contributed by atoms with van der Waals surface area (Å²) in [5.41, 5.74) is 3.50. The Morgan fingerprint density at radius 3 is 2.67 bits per heavy atom. The van der Waals surface area contributed by atoms with E-state index in [9.17, 15) is 4.79 Å². The SMILES string of the molecule is CC1(C)C(=O)Nc2cc(-c3ccnnc3)ccc21. The van der Waals surface area contributed by atoms with Crippen LogP contribution in [0, 0.1) is 0 Å². The van der Waals surface area contributed by atoms with Crippen LogP contribution in [0.15, 0.2) is 36.7 Å². The number of nitrogens with zero attached hydrogens (tertiary/aromatic N) is 2. The number of nitrogens with one attached hydrogen (secondary N) is 1. The lowest BCUT2D eigenvalue weighted by Crippen LogP contribution is -2.26. The average Bonchev–Trinajstić information content (AvgIpc) is 2.61. The summed E-state index contributed by atoms with van der Waals surface area (Å²) in [6, 6.07) is 7.90. The summed E-state index contributed by atoms with van der Waals surface area (Å²) >= 11 is 0. The number of amides is 1. The maximum atomic E-state index is 11.9. The second-order valence-electron chi connectivity index (χ2n) is 4.97. The number of rotatable bonds is 1. The van der Waals surface area contributed by atoms with Crippen LogP contribution < -0.4 is 5.32 Å². The molecule has 4 nitrogen and oxygen atoms in total. The average molecular weight is 239 g/mol. The maximum Gasteiger partial charge on any atom is 0.234 e. The molecule has 0 atom stereocenters. The summed E-state index contributed by atoms with van der Waals surface area (Å²) in [5.74, 6) is 0.0440. The van der Waals surface area contributed by atoms with Crippen molar-refractivity contribution in [2.24, 2.45) is 0 Å². The van der Waals surface area contributed by atoms with Gasteiger partial charge < -0.3 is 5.32 Å². The van der Waals surface area contributed by atoms with E-state index in [1.165, 1.54) is 0 Å². The third kappa shape index (κ3) is 1.49. The third-order valence-corrected chi connectivity index (χ3v) is 3.43. The lowest BCUT2D eigenvalue weighted by Gasteiger charge is -2.14. The Morgan fingerprint density at radius 2 is 1.94 bits per heavy atom. The Morgan fingerprint density at radius 1 is 1.11 bits per heavy atom. The van der Waals surface area contributed by atoms with Gasteiger partial charge in [-0.05, 0) is 37.1 Å². The van der Waals surface area contributed by atoms with Crippen LogP contribution in [0.5, 0.6) is 0 Å². The highest BCUT2D eigenvalue weighted by Gasteiger charge is 2.38. The minimum absolute atomic E-state index is 0.0440. The molecule has 0 saturated heterocycles. The summed E-state index contributed by atoms with van der Waals surface area (Å²) in [7, 11) is 0. The first kappa shape index (κ1) is 10.9. The van der Waals surface area contributed by atoms with Crippen LogP contribution in [0.25, 0.3) is 11.1 Å². The van der Waals surface area contributed by atoms with Crippen molar-refractivity contribution in [1.82, 2.24) is 10.2 Å². The fourth-order valence-corrected chi connectivity index (χ4v) is 2.23. The van der Waals surface area contributed by atoms with E-state index in [2.05, 4.69) is 15.5 Å². The summed E-state index contributed by atoms with van der Waals surface area (Å²) in [6.45, 7) is 3.86. The zero-order valence-corrected chi connectivity index (χ0v) is 10.3. The van der Waals surface area contributed by atoms with Gasteiger partial charge in [0.15, 0.2) is 0 Å². The van der Waals surface area contributed by atoms with Gasteiger partial charge in [-0.3, -0.25) is 4.79 Å². The number of hydrogen-bond acceptors (Lipinski definition) is 3. The Hall–Kier alpha value is -2.23. The van der Waals surface area contributed by atoms with Crippen molar-refractivity contribution in [3.05, 3.63) is 42.2 Å². The van der Waals surface area contributed by atoms with Crippen LogP contribution in [0.1, 0.15) is 19.4 Å². The number of hydrogen-bond donors (Lipinski definition) is 1. The number of carbonyl (C=O) groups excluding carboxylic acids is 1. The molecule has 0 unspecified atom stereocenters. The Balaban J connectivity index is 2.10. The van der Waals surface area contributed by atoms with Crippen LogP contribution in [0.4, 0.5) is 5.69 Å². The highest BCUT2D eigenvalue weighted by atomic mass is 16.2. The smallest absolute Gasteiger partial charge is 0.234 e. The molecular weight excluding hydrogens is 226 g/mol. The monoisotopic (exact) mass is 239 g/mol. The van der Waals surface area contributed by atoms with Gasteiger partial charge in [-0.25, -0.2) is 0 Å². The summed E-state index contributed by atoms with van der Waals surface area (Å²) in [5, 5.41) is 10.5. The molecular formula is C14H13N3O. The molecule has 0 radical (unpaired) electrons. The van der Waals surface area contributed by atoms with Crippen molar-refractivity contribution < 1.29 is 4.79 Å². The standard InChI is InChI=1S/C14H13N3O/c1-14(2)11-4-3-9(7-12(11)17-13(14)18)10-5-6-15-16-8-10/h3-8H,1-2H3,(H,17,18). The molecule has 1 N–H and O–H groups in total. The van der Waals surface area contributed by atoms with E-state index < -0.39 is 5.41 Å². The molecule has 1 aliphatic rings. The molecule has 1 aliphatic heterocycles. The highest BCUT2D eigenvalue weighted by Crippen LogP contribution is 2.39. The molecule has 18 heavy (non-hydrogen) atoms.